The second-order valence-electron chi connectivity index (χ2n) is 6.27. The number of benzene rings is 1. The van der Waals surface area contributed by atoms with E-state index >= 15 is 0 Å². The van der Waals surface area contributed by atoms with Crippen LogP contribution in [0.4, 0.5) is 0 Å². The minimum atomic E-state index is -3.12. The first-order chi connectivity index (χ1) is 13.1. The average Bonchev–Trinajstić information content (AvgIpc) is 3.21. The van der Waals surface area contributed by atoms with Crippen LogP contribution in [-0.2, 0) is 29.4 Å². The van der Waals surface area contributed by atoms with Crippen molar-refractivity contribution in [2.75, 3.05) is 19.8 Å². The van der Waals surface area contributed by atoms with Gasteiger partial charge in [-0.2, -0.15) is 0 Å². The van der Waals surface area contributed by atoms with Crippen molar-refractivity contribution < 1.29 is 22.8 Å². The molecule has 1 aliphatic carbocycles. The predicted octanol–water partition coefficient (Wildman–Crippen LogP) is 4.38. The minimum absolute atomic E-state index is 0.217. The summed E-state index contributed by atoms with van der Waals surface area (Å²) in [4.78, 5) is 12.6. The Morgan fingerprint density at radius 1 is 0.963 bits per heavy atom. The summed E-state index contributed by atoms with van der Waals surface area (Å²) in [5.74, 6) is -0.0282. The first kappa shape index (κ1) is 21.6. The van der Waals surface area contributed by atoms with Crippen LogP contribution in [-0.4, -0.2) is 34.6 Å². The number of ether oxygens (including phenoxy) is 1. The van der Waals surface area contributed by atoms with Crippen LogP contribution in [0.1, 0.15) is 44.7 Å². The molecule has 1 aromatic carbocycles. The molecule has 1 aliphatic rings. The molecule has 1 aromatic rings. The predicted molar refractivity (Wildman–Crippen MR) is 107 cm³/mol. The molecule has 27 heavy (non-hydrogen) atoms. The Bertz CT molecular complexity index is 624. The van der Waals surface area contributed by atoms with Crippen LogP contribution < -0.4 is 0 Å². The van der Waals surface area contributed by atoms with Gasteiger partial charge in [0, 0.05) is 25.7 Å². The maximum atomic E-state index is 12.6. The van der Waals surface area contributed by atoms with Crippen molar-refractivity contribution in [2.45, 2.75) is 45.8 Å². The van der Waals surface area contributed by atoms with Gasteiger partial charge in [0.25, 0.3) is 0 Å². The summed E-state index contributed by atoms with van der Waals surface area (Å²) in [5.41, 5.74) is 1.59. The molecule has 1 unspecified atom stereocenters. The van der Waals surface area contributed by atoms with Gasteiger partial charge in [0.05, 0.1) is 0 Å². The molecule has 5 nitrogen and oxygen atoms in total. The molecule has 0 bridgehead atoms. The molecule has 0 fully saturated rings. The summed E-state index contributed by atoms with van der Waals surface area (Å²) in [5, 5.41) is 0. The standard InChI is InChI=1S/C21H30O5Si/c1-5-24-27(25-6-2,26-7-3)17(4)21(22)23-16-18-12-14-20(15-13-18)19-10-8-9-11-19/h8-15,17,19H,5-7,16H2,1-4H3. The lowest BCUT2D eigenvalue weighted by atomic mass is 10.00. The lowest BCUT2D eigenvalue weighted by Crippen LogP contribution is -2.52. The van der Waals surface area contributed by atoms with Gasteiger partial charge in [0.1, 0.15) is 12.1 Å². The van der Waals surface area contributed by atoms with Gasteiger partial charge in [-0.05, 0) is 38.8 Å². The van der Waals surface area contributed by atoms with Gasteiger partial charge >= 0.3 is 14.8 Å². The number of hydrogen-bond donors (Lipinski definition) is 0. The van der Waals surface area contributed by atoms with Gasteiger partial charge in [-0.25, -0.2) is 0 Å². The summed E-state index contributed by atoms with van der Waals surface area (Å²) < 4.78 is 22.9. The van der Waals surface area contributed by atoms with Crippen molar-refractivity contribution in [3.05, 3.63) is 59.7 Å². The normalized spacial score (nSPS) is 15.3. The van der Waals surface area contributed by atoms with Crippen molar-refractivity contribution in [1.29, 1.82) is 0 Å². The van der Waals surface area contributed by atoms with Gasteiger partial charge in [0.2, 0.25) is 0 Å². The Morgan fingerprint density at radius 3 is 1.96 bits per heavy atom. The van der Waals surface area contributed by atoms with Crippen molar-refractivity contribution in [1.82, 2.24) is 0 Å². The molecule has 0 aliphatic heterocycles. The number of allylic oxidation sites excluding steroid dienone is 4. The van der Waals surface area contributed by atoms with Gasteiger partial charge in [0.15, 0.2) is 0 Å². The van der Waals surface area contributed by atoms with Crippen LogP contribution in [0.5, 0.6) is 0 Å². The molecule has 0 heterocycles. The van der Waals surface area contributed by atoms with E-state index in [4.69, 9.17) is 18.0 Å². The lowest BCUT2D eigenvalue weighted by molar-refractivity contribution is -0.146. The SMILES string of the molecule is CCO[Si](OCC)(OCC)C(C)C(=O)OCc1ccc(C2C=CC=C2)cc1. The minimum Gasteiger partial charge on any atom is -0.461 e. The second kappa shape index (κ2) is 10.6. The summed E-state index contributed by atoms with van der Waals surface area (Å²) in [6.45, 7) is 8.86. The lowest BCUT2D eigenvalue weighted by Gasteiger charge is -2.32. The van der Waals surface area contributed by atoms with E-state index in [0.29, 0.717) is 25.7 Å². The highest BCUT2D eigenvalue weighted by atomic mass is 28.4. The van der Waals surface area contributed by atoms with E-state index in [2.05, 4.69) is 24.3 Å². The van der Waals surface area contributed by atoms with E-state index in [0.717, 1.165) is 5.56 Å². The van der Waals surface area contributed by atoms with Crippen molar-refractivity contribution in [2.24, 2.45) is 0 Å². The molecule has 0 saturated carbocycles. The van der Waals surface area contributed by atoms with Gasteiger partial charge in [-0.15, -0.1) is 0 Å². The van der Waals surface area contributed by atoms with Gasteiger partial charge in [-0.3, -0.25) is 4.79 Å². The Labute approximate surface area is 163 Å². The average molecular weight is 391 g/mol. The molecule has 6 heteroatoms. The number of hydrogen-bond acceptors (Lipinski definition) is 5. The molecule has 2 rings (SSSR count). The van der Waals surface area contributed by atoms with E-state index in [-0.39, 0.29) is 12.6 Å². The van der Waals surface area contributed by atoms with Crippen LogP contribution >= 0.6 is 0 Å². The van der Waals surface area contributed by atoms with E-state index < -0.39 is 14.3 Å². The summed E-state index contributed by atoms with van der Waals surface area (Å²) in [7, 11) is -3.12. The van der Waals surface area contributed by atoms with Crippen molar-refractivity contribution in [3.63, 3.8) is 0 Å². The number of carbonyl (C=O) groups is 1. The molecule has 0 aromatic heterocycles. The van der Waals surface area contributed by atoms with Crippen LogP contribution in [0.2, 0.25) is 5.54 Å². The molecule has 0 saturated heterocycles. The molecule has 148 valence electrons. The van der Waals surface area contributed by atoms with Gasteiger partial charge < -0.3 is 18.0 Å². The zero-order valence-electron chi connectivity index (χ0n) is 16.6. The smallest absolute Gasteiger partial charge is 0.461 e. The maximum absolute atomic E-state index is 12.6. The fourth-order valence-corrected chi connectivity index (χ4v) is 5.60. The number of carbonyl (C=O) groups excluding carboxylic acids is 1. The Kier molecular flexibility index (Phi) is 8.44. The Balaban J connectivity index is 1.98. The van der Waals surface area contributed by atoms with Gasteiger partial charge in [-0.1, -0.05) is 48.6 Å². The van der Waals surface area contributed by atoms with Crippen LogP contribution in [0.3, 0.4) is 0 Å². The highest BCUT2D eigenvalue weighted by molar-refractivity contribution is 6.66. The van der Waals surface area contributed by atoms with Crippen LogP contribution in [0, 0.1) is 0 Å². The number of rotatable bonds is 11. The molecule has 1 atom stereocenters. The zero-order valence-corrected chi connectivity index (χ0v) is 17.6. The summed E-state index contributed by atoms with van der Waals surface area (Å²) in [6, 6.07) is 8.12. The van der Waals surface area contributed by atoms with E-state index in [9.17, 15) is 4.79 Å². The Hall–Kier alpha value is -1.73. The topological polar surface area (TPSA) is 54.0 Å². The van der Waals surface area contributed by atoms with Crippen molar-refractivity contribution in [3.8, 4) is 0 Å². The first-order valence-corrected chi connectivity index (χ1v) is 11.4. The molecule has 0 N–H and O–H groups in total. The first-order valence-electron chi connectivity index (χ1n) is 9.58. The highest BCUT2D eigenvalue weighted by Crippen LogP contribution is 2.28. The zero-order chi connectivity index (χ0) is 19.7. The quantitative estimate of drug-likeness (QED) is 0.415. The maximum Gasteiger partial charge on any atom is 0.515 e. The second-order valence-corrected chi connectivity index (χ2v) is 9.21. The monoisotopic (exact) mass is 390 g/mol. The molecule has 0 amide bonds. The third-order valence-corrected chi connectivity index (χ3v) is 7.78. The molecular formula is C21H30O5Si. The van der Waals surface area contributed by atoms with Crippen molar-refractivity contribution >= 4 is 14.8 Å². The molecule has 0 radical (unpaired) electrons. The van der Waals surface area contributed by atoms with Crippen LogP contribution in [0.25, 0.3) is 0 Å². The van der Waals surface area contributed by atoms with E-state index in [1.807, 2.05) is 45.1 Å². The largest absolute Gasteiger partial charge is 0.515 e. The fraction of sp³-hybridized carbons (Fsp3) is 0.476. The molecular weight excluding hydrogens is 360 g/mol. The third-order valence-electron chi connectivity index (χ3n) is 4.41. The fourth-order valence-electron chi connectivity index (χ4n) is 3.02. The summed E-state index contributed by atoms with van der Waals surface area (Å²) >= 11 is 0. The van der Waals surface area contributed by atoms with E-state index in [1.165, 1.54) is 5.56 Å². The van der Waals surface area contributed by atoms with E-state index in [1.54, 1.807) is 6.92 Å². The van der Waals surface area contributed by atoms with Crippen LogP contribution in [0.15, 0.2) is 48.6 Å². The number of esters is 1. The third kappa shape index (κ3) is 5.62. The highest BCUT2D eigenvalue weighted by Gasteiger charge is 2.51. The summed E-state index contributed by atoms with van der Waals surface area (Å²) in [6.07, 6.45) is 8.40. The molecule has 0 spiro atoms. The Morgan fingerprint density at radius 2 is 1.48 bits per heavy atom.